The summed E-state index contributed by atoms with van der Waals surface area (Å²) in [5.74, 6) is -2.22. The minimum Gasteiger partial charge on any atom is -0.481 e. The lowest BCUT2D eigenvalue weighted by atomic mass is 10.1. The number of unbranched alkanes of at least 4 members (excludes halogenated alkanes) is 3. The van der Waals surface area contributed by atoms with E-state index >= 15 is 0 Å². The van der Waals surface area contributed by atoms with Gasteiger partial charge in [0.1, 0.15) is 11.6 Å². The molecule has 0 bridgehead atoms. The van der Waals surface area contributed by atoms with Crippen LogP contribution in [0.4, 0.5) is 8.78 Å². The molecule has 25 heavy (non-hydrogen) atoms. The number of carboxylic acid groups (broad SMARTS) is 1. The molecule has 1 aromatic rings. The second kappa shape index (κ2) is 10.2. The molecule has 1 rings (SSSR count). The number of halogens is 2. The lowest BCUT2D eigenvalue weighted by Gasteiger charge is -2.18. The van der Waals surface area contributed by atoms with Gasteiger partial charge in [0, 0.05) is 25.6 Å². The maximum absolute atomic E-state index is 13.1. The molecule has 0 radical (unpaired) electrons. The minimum absolute atomic E-state index is 0.103. The van der Waals surface area contributed by atoms with Gasteiger partial charge in [-0.3, -0.25) is 4.79 Å². The third-order valence-corrected chi connectivity index (χ3v) is 4.79. The molecule has 1 N–H and O–H groups in total. The molecule has 0 fully saturated rings. The Morgan fingerprint density at radius 1 is 1.12 bits per heavy atom. The van der Waals surface area contributed by atoms with Crippen LogP contribution in [0.5, 0.6) is 0 Å². The maximum atomic E-state index is 13.1. The highest BCUT2D eigenvalue weighted by Crippen LogP contribution is 2.11. The van der Waals surface area contributed by atoms with E-state index in [1.165, 1.54) is 10.4 Å². The van der Waals surface area contributed by atoms with Crippen LogP contribution in [0.2, 0.25) is 0 Å². The zero-order chi connectivity index (χ0) is 18.9. The van der Waals surface area contributed by atoms with Crippen molar-refractivity contribution in [3.05, 3.63) is 41.5 Å². The maximum Gasteiger partial charge on any atom is 0.303 e. The molecule has 0 aliphatic rings. The first-order chi connectivity index (χ1) is 11.7. The van der Waals surface area contributed by atoms with Crippen LogP contribution in [0.3, 0.4) is 0 Å². The van der Waals surface area contributed by atoms with Crippen molar-refractivity contribution in [2.45, 2.75) is 32.1 Å². The van der Waals surface area contributed by atoms with Gasteiger partial charge in [-0.2, -0.15) is 4.31 Å². The number of carbonyl (C=O) groups is 1. The average Bonchev–Trinajstić information content (AvgIpc) is 2.46. The molecule has 0 atom stereocenters. The Bertz CT molecular complexity index is 684. The van der Waals surface area contributed by atoms with Crippen molar-refractivity contribution in [2.75, 3.05) is 19.3 Å². The summed E-state index contributed by atoms with van der Waals surface area (Å²) in [5, 5.41) is 8.55. The number of rotatable bonds is 11. The number of hydrogen-bond acceptors (Lipinski definition) is 3. The molecule has 0 spiro atoms. The van der Waals surface area contributed by atoms with Gasteiger partial charge in [-0.1, -0.05) is 25.0 Å². The largest absolute Gasteiger partial charge is 0.481 e. The number of aliphatic carboxylic acids is 1. The van der Waals surface area contributed by atoms with Crippen LogP contribution in [0, 0.1) is 11.6 Å². The van der Waals surface area contributed by atoms with Crippen molar-refractivity contribution in [3.63, 3.8) is 0 Å². The van der Waals surface area contributed by atoms with Crippen molar-refractivity contribution >= 4 is 22.1 Å². The quantitative estimate of drug-likeness (QED) is 0.603. The van der Waals surface area contributed by atoms with E-state index in [-0.39, 0.29) is 13.0 Å². The highest BCUT2D eigenvalue weighted by Gasteiger charge is 2.14. The molecular formula is C17H23F2NO4S. The zero-order valence-electron chi connectivity index (χ0n) is 14.1. The van der Waals surface area contributed by atoms with E-state index in [2.05, 4.69) is 0 Å². The molecule has 0 aliphatic heterocycles. The summed E-state index contributed by atoms with van der Waals surface area (Å²) < 4.78 is 51.1. The fourth-order valence-corrected chi connectivity index (χ4v) is 3.11. The molecule has 1 aromatic carbocycles. The lowest BCUT2D eigenvalue weighted by molar-refractivity contribution is -0.137. The monoisotopic (exact) mass is 375 g/mol. The molecule has 140 valence electrons. The van der Waals surface area contributed by atoms with Gasteiger partial charge in [0.25, 0.3) is 0 Å². The first-order valence-electron chi connectivity index (χ1n) is 7.98. The summed E-state index contributed by atoms with van der Waals surface area (Å²) in [5.41, 5.74) is 0.319. The topological polar surface area (TPSA) is 74.7 Å². The highest BCUT2D eigenvalue weighted by molar-refractivity contribution is 7.88. The van der Waals surface area contributed by atoms with E-state index in [9.17, 15) is 22.0 Å². The normalized spacial score (nSPS) is 12.2. The SMILES string of the molecule is CS(=O)(=O)N(C/C=C/c1cc(F)cc(F)c1)CCCCCCC(=O)O. The van der Waals surface area contributed by atoms with E-state index < -0.39 is 27.6 Å². The average molecular weight is 375 g/mol. The smallest absolute Gasteiger partial charge is 0.303 e. The second-order valence-corrected chi connectivity index (χ2v) is 7.77. The van der Waals surface area contributed by atoms with Crippen LogP contribution < -0.4 is 0 Å². The van der Waals surface area contributed by atoms with Gasteiger partial charge < -0.3 is 5.11 Å². The molecule has 0 saturated heterocycles. The Morgan fingerprint density at radius 2 is 1.72 bits per heavy atom. The minimum atomic E-state index is -3.40. The summed E-state index contributed by atoms with van der Waals surface area (Å²) in [7, 11) is -3.40. The number of hydrogen-bond donors (Lipinski definition) is 1. The van der Waals surface area contributed by atoms with Crippen LogP contribution in [-0.2, 0) is 14.8 Å². The predicted octanol–water partition coefficient (Wildman–Crippen LogP) is 3.27. The molecule has 8 heteroatoms. The van der Waals surface area contributed by atoms with Gasteiger partial charge >= 0.3 is 5.97 Å². The van der Waals surface area contributed by atoms with E-state index in [4.69, 9.17) is 5.11 Å². The molecule has 0 heterocycles. The predicted molar refractivity (Wildman–Crippen MR) is 92.5 cm³/mol. The van der Waals surface area contributed by atoms with Crippen LogP contribution in [-0.4, -0.2) is 43.1 Å². The van der Waals surface area contributed by atoms with Crippen molar-refractivity contribution in [3.8, 4) is 0 Å². The summed E-state index contributed by atoms with van der Waals surface area (Å²) in [4.78, 5) is 10.4. The van der Waals surface area contributed by atoms with Crippen LogP contribution in [0.15, 0.2) is 24.3 Å². The van der Waals surface area contributed by atoms with E-state index in [0.717, 1.165) is 37.3 Å². The molecule has 5 nitrogen and oxygen atoms in total. The zero-order valence-corrected chi connectivity index (χ0v) is 14.9. The molecule has 0 aliphatic carbocycles. The Hall–Kier alpha value is -1.80. The van der Waals surface area contributed by atoms with Crippen LogP contribution >= 0.6 is 0 Å². The van der Waals surface area contributed by atoms with Gasteiger partial charge in [-0.05, 0) is 30.5 Å². The standard InChI is InChI=1S/C17H23F2NO4S/c1-25(23,24)20(9-5-3-2-4-8-17(21)22)10-6-7-14-11-15(18)13-16(19)12-14/h6-7,11-13H,2-5,8-10H2,1H3,(H,21,22)/b7-6+. The van der Waals surface area contributed by atoms with Gasteiger partial charge in [0.2, 0.25) is 10.0 Å². The lowest BCUT2D eigenvalue weighted by Crippen LogP contribution is -2.31. The van der Waals surface area contributed by atoms with E-state index in [1.807, 2.05) is 0 Å². The second-order valence-electron chi connectivity index (χ2n) is 5.78. The Kier molecular flexibility index (Phi) is 8.71. The first kappa shape index (κ1) is 21.2. The van der Waals surface area contributed by atoms with E-state index in [1.54, 1.807) is 6.08 Å². The first-order valence-corrected chi connectivity index (χ1v) is 9.83. The number of sulfonamides is 1. The molecule has 0 aromatic heterocycles. The Labute approximate surface area is 147 Å². The molecule has 0 unspecified atom stereocenters. The van der Waals surface area contributed by atoms with Gasteiger partial charge in [-0.25, -0.2) is 17.2 Å². The fourth-order valence-electron chi connectivity index (χ4n) is 2.29. The summed E-state index contributed by atoms with van der Waals surface area (Å²) in [6, 6.07) is 3.09. The number of benzene rings is 1. The van der Waals surface area contributed by atoms with Crippen LogP contribution in [0.25, 0.3) is 6.08 Å². The molecule has 0 amide bonds. The van der Waals surface area contributed by atoms with Crippen molar-refractivity contribution < 1.29 is 27.1 Å². The number of nitrogens with zero attached hydrogens (tertiary/aromatic N) is 1. The molecule has 0 saturated carbocycles. The highest BCUT2D eigenvalue weighted by atomic mass is 32.2. The van der Waals surface area contributed by atoms with Crippen LogP contribution in [0.1, 0.15) is 37.7 Å². The molecular weight excluding hydrogens is 352 g/mol. The number of carboxylic acids is 1. The van der Waals surface area contributed by atoms with Crippen molar-refractivity contribution in [2.24, 2.45) is 0 Å². The third-order valence-electron chi connectivity index (χ3n) is 3.52. The van der Waals surface area contributed by atoms with Gasteiger partial charge in [0.15, 0.2) is 0 Å². The summed E-state index contributed by atoms with van der Waals surface area (Å²) >= 11 is 0. The van der Waals surface area contributed by atoms with Gasteiger partial charge in [-0.15, -0.1) is 0 Å². The summed E-state index contributed by atoms with van der Waals surface area (Å²) in [6.45, 7) is 0.417. The van der Waals surface area contributed by atoms with Crippen molar-refractivity contribution in [1.82, 2.24) is 4.31 Å². The Balaban J connectivity index is 2.51. The van der Waals surface area contributed by atoms with Crippen molar-refractivity contribution in [1.29, 1.82) is 0 Å². The Morgan fingerprint density at radius 3 is 2.28 bits per heavy atom. The van der Waals surface area contributed by atoms with E-state index in [0.29, 0.717) is 24.9 Å². The van der Waals surface area contributed by atoms with Gasteiger partial charge in [0.05, 0.1) is 6.26 Å². The fraction of sp³-hybridized carbons (Fsp3) is 0.471. The summed E-state index contributed by atoms with van der Waals surface area (Å²) in [6.07, 6.45) is 6.88. The third kappa shape index (κ3) is 9.31.